The molecule has 138 valence electrons. The first kappa shape index (κ1) is 18.0. The van der Waals surface area contributed by atoms with Gasteiger partial charge >= 0.3 is 0 Å². The lowest BCUT2D eigenvalue weighted by Gasteiger charge is -2.29. The fourth-order valence-electron chi connectivity index (χ4n) is 3.16. The highest BCUT2D eigenvalue weighted by Gasteiger charge is 2.17. The number of amides is 1. The number of ether oxygens (including phenoxy) is 2. The van der Waals surface area contributed by atoms with Gasteiger partial charge in [-0.3, -0.25) is 4.79 Å². The van der Waals surface area contributed by atoms with E-state index in [1.165, 1.54) is 19.6 Å². The second-order valence-corrected chi connectivity index (χ2v) is 6.23. The molecule has 0 saturated carbocycles. The summed E-state index contributed by atoms with van der Waals surface area (Å²) in [7, 11) is 3.03. The van der Waals surface area contributed by atoms with Crippen LogP contribution in [-0.2, 0) is 0 Å². The fraction of sp³-hybridized carbons (Fsp3) is 0.350. The lowest BCUT2D eigenvalue weighted by atomic mass is 10.1. The van der Waals surface area contributed by atoms with Crippen molar-refractivity contribution in [3.05, 3.63) is 47.8 Å². The van der Waals surface area contributed by atoms with E-state index < -0.39 is 0 Å². The SMILES string of the molecule is COc1ccc(C(=O)Nc2ccc(N3CCCCC3)c(F)c2)c(OC)c1. The molecule has 1 aliphatic heterocycles. The van der Waals surface area contributed by atoms with Crippen LogP contribution in [-0.4, -0.2) is 33.2 Å². The molecule has 0 unspecified atom stereocenters. The summed E-state index contributed by atoms with van der Waals surface area (Å²) < 4.78 is 24.9. The Labute approximate surface area is 152 Å². The highest BCUT2D eigenvalue weighted by atomic mass is 19.1. The summed E-state index contributed by atoms with van der Waals surface area (Å²) in [6.07, 6.45) is 3.35. The summed E-state index contributed by atoms with van der Waals surface area (Å²) in [5.74, 6) is 0.295. The van der Waals surface area contributed by atoms with Crippen molar-refractivity contribution < 1.29 is 18.7 Å². The Morgan fingerprint density at radius 3 is 2.46 bits per heavy atom. The Balaban J connectivity index is 1.76. The summed E-state index contributed by atoms with van der Waals surface area (Å²) in [6.45, 7) is 1.73. The van der Waals surface area contributed by atoms with Crippen LogP contribution >= 0.6 is 0 Å². The summed E-state index contributed by atoms with van der Waals surface area (Å²) in [5.41, 5.74) is 1.35. The first-order chi connectivity index (χ1) is 12.6. The maximum absolute atomic E-state index is 14.5. The molecule has 0 aromatic heterocycles. The van der Waals surface area contributed by atoms with E-state index in [0.29, 0.717) is 28.4 Å². The van der Waals surface area contributed by atoms with Gasteiger partial charge in [-0.25, -0.2) is 4.39 Å². The van der Waals surface area contributed by atoms with Crippen LogP contribution in [0.25, 0.3) is 0 Å². The zero-order valence-corrected chi connectivity index (χ0v) is 15.0. The van der Waals surface area contributed by atoms with Crippen molar-refractivity contribution in [1.82, 2.24) is 0 Å². The average Bonchev–Trinajstić information content (AvgIpc) is 2.68. The van der Waals surface area contributed by atoms with Gasteiger partial charge in [-0.2, -0.15) is 0 Å². The summed E-state index contributed by atoms with van der Waals surface area (Å²) >= 11 is 0. The van der Waals surface area contributed by atoms with E-state index in [0.717, 1.165) is 25.9 Å². The van der Waals surface area contributed by atoms with Gasteiger partial charge in [-0.1, -0.05) is 0 Å². The zero-order valence-electron chi connectivity index (χ0n) is 15.0. The Morgan fingerprint density at radius 1 is 1.04 bits per heavy atom. The number of nitrogens with one attached hydrogen (secondary N) is 1. The molecule has 3 rings (SSSR count). The lowest BCUT2D eigenvalue weighted by Crippen LogP contribution is -2.30. The minimum atomic E-state index is -0.366. The Bertz CT molecular complexity index is 789. The third-order valence-corrected chi connectivity index (χ3v) is 4.56. The van der Waals surface area contributed by atoms with Crippen LogP contribution in [0.4, 0.5) is 15.8 Å². The highest BCUT2D eigenvalue weighted by Crippen LogP contribution is 2.28. The number of nitrogens with zero attached hydrogens (tertiary/aromatic N) is 1. The van der Waals surface area contributed by atoms with Crippen molar-refractivity contribution >= 4 is 17.3 Å². The standard InChI is InChI=1S/C20H23FN2O3/c1-25-15-7-8-16(19(13-15)26-2)20(24)22-14-6-9-18(17(21)12-14)23-10-4-3-5-11-23/h6-9,12-13H,3-5,10-11H2,1-2H3,(H,22,24). The minimum absolute atomic E-state index is 0.327. The number of hydrogen-bond acceptors (Lipinski definition) is 4. The molecule has 1 amide bonds. The number of carbonyl (C=O) groups excluding carboxylic acids is 1. The molecule has 1 heterocycles. The van der Waals surface area contributed by atoms with Gasteiger partial charge in [0.25, 0.3) is 5.91 Å². The van der Waals surface area contributed by atoms with E-state index in [4.69, 9.17) is 9.47 Å². The number of carbonyl (C=O) groups is 1. The van der Waals surface area contributed by atoms with E-state index in [9.17, 15) is 9.18 Å². The Morgan fingerprint density at radius 2 is 1.81 bits per heavy atom. The van der Waals surface area contributed by atoms with Crippen LogP contribution in [0.5, 0.6) is 11.5 Å². The molecule has 2 aromatic rings. The van der Waals surface area contributed by atoms with Crippen LogP contribution < -0.4 is 19.7 Å². The molecule has 1 saturated heterocycles. The molecule has 0 aliphatic carbocycles. The minimum Gasteiger partial charge on any atom is -0.497 e. The van der Waals surface area contributed by atoms with Crippen molar-refractivity contribution in [3.8, 4) is 11.5 Å². The van der Waals surface area contributed by atoms with Gasteiger partial charge in [0, 0.05) is 24.8 Å². The lowest BCUT2D eigenvalue weighted by molar-refractivity contribution is 0.102. The summed E-state index contributed by atoms with van der Waals surface area (Å²) in [4.78, 5) is 14.6. The van der Waals surface area contributed by atoms with Crippen LogP contribution in [0.1, 0.15) is 29.6 Å². The average molecular weight is 358 g/mol. The van der Waals surface area contributed by atoms with Crippen LogP contribution in [0.3, 0.4) is 0 Å². The quantitative estimate of drug-likeness (QED) is 0.875. The van der Waals surface area contributed by atoms with Crippen molar-refractivity contribution in [2.24, 2.45) is 0 Å². The van der Waals surface area contributed by atoms with Gasteiger partial charge in [0.1, 0.15) is 17.3 Å². The number of piperidine rings is 1. The van der Waals surface area contributed by atoms with Crippen molar-refractivity contribution in [1.29, 1.82) is 0 Å². The Hall–Kier alpha value is -2.76. The third-order valence-electron chi connectivity index (χ3n) is 4.56. The second kappa shape index (κ2) is 8.08. The molecule has 2 aromatic carbocycles. The largest absolute Gasteiger partial charge is 0.497 e. The number of halogens is 1. The normalized spacial score (nSPS) is 14.0. The molecule has 0 spiro atoms. The number of hydrogen-bond donors (Lipinski definition) is 1. The fourth-order valence-corrected chi connectivity index (χ4v) is 3.16. The van der Waals surface area contributed by atoms with Gasteiger partial charge in [-0.05, 0) is 49.6 Å². The highest BCUT2D eigenvalue weighted by molar-refractivity contribution is 6.06. The smallest absolute Gasteiger partial charge is 0.259 e. The molecule has 0 atom stereocenters. The topological polar surface area (TPSA) is 50.8 Å². The molecule has 1 aliphatic rings. The number of rotatable bonds is 5. The predicted octanol–water partition coefficient (Wildman–Crippen LogP) is 4.09. The zero-order chi connectivity index (χ0) is 18.5. The molecule has 0 bridgehead atoms. The molecule has 5 nitrogen and oxygen atoms in total. The van der Waals surface area contributed by atoms with Gasteiger partial charge in [0.15, 0.2) is 0 Å². The van der Waals surface area contributed by atoms with Crippen molar-refractivity contribution in [3.63, 3.8) is 0 Å². The van der Waals surface area contributed by atoms with Crippen LogP contribution in [0.2, 0.25) is 0 Å². The van der Waals surface area contributed by atoms with Crippen molar-refractivity contribution in [2.75, 3.05) is 37.5 Å². The van der Waals surface area contributed by atoms with E-state index in [1.54, 1.807) is 37.4 Å². The monoisotopic (exact) mass is 358 g/mol. The first-order valence-corrected chi connectivity index (χ1v) is 8.70. The maximum atomic E-state index is 14.5. The maximum Gasteiger partial charge on any atom is 0.259 e. The number of benzene rings is 2. The van der Waals surface area contributed by atoms with Crippen molar-refractivity contribution in [2.45, 2.75) is 19.3 Å². The molecule has 26 heavy (non-hydrogen) atoms. The Kier molecular flexibility index (Phi) is 5.61. The van der Waals surface area contributed by atoms with Crippen LogP contribution in [0, 0.1) is 5.82 Å². The molecule has 1 fully saturated rings. The van der Waals surface area contributed by atoms with Crippen LogP contribution in [0.15, 0.2) is 36.4 Å². The molecule has 0 radical (unpaired) electrons. The van der Waals surface area contributed by atoms with E-state index in [1.807, 2.05) is 0 Å². The molecular weight excluding hydrogens is 335 g/mol. The molecular formula is C20H23FN2O3. The van der Waals surface area contributed by atoms with Gasteiger partial charge in [0.2, 0.25) is 0 Å². The molecule has 1 N–H and O–H groups in total. The molecule has 6 heteroatoms. The summed E-state index contributed by atoms with van der Waals surface area (Å²) in [6, 6.07) is 9.73. The number of methoxy groups -OCH3 is 2. The van der Waals surface area contributed by atoms with E-state index in [-0.39, 0.29) is 11.7 Å². The van der Waals surface area contributed by atoms with Gasteiger partial charge < -0.3 is 19.7 Å². The van der Waals surface area contributed by atoms with E-state index >= 15 is 0 Å². The van der Waals surface area contributed by atoms with Gasteiger partial charge in [-0.15, -0.1) is 0 Å². The van der Waals surface area contributed by atoms with Gasteiger partial charge in [0.05, 0.1) is 25.5 Å². The summed E-state index contributed by atoms with van der Waals surface area (Å²) in [5, 5.41) is 2.72. The third kappa shape index (κ3) is 3.90. The predicted molar refractivity (Wildman–Crippen MR) is 100.0 cm³/mol. The van der Waals surface area contributed by atoms with E-state index in [2.05, 4.69) is 10.2 Å². The number of anilines is 2. The second-order valence-electron chi connectivity index (χ2n) is 6.23. The first-order valence-electron chi connectivity index (χ1n) is 8.70.